The quantitative estimate of drug-likeness (QED) is 0.878. The van der Waals surface area contributed by atoms with Gasteiger partial charge >= 0.3 is 0 Å². The minimum absolute atomic E-state index is 0.0464. The minimum Gasteiger partial charge on any atom is -0.348 e. The second-order valence-corrected chi connectivity index (χ2v) is 4.68. The predicted octanol–water partition coefficient (Wildman–Crippen LogP) is 0.913. The van der Waals surface area contributed by atoms with Crippen molar-refractivity contribution in [3.8, 4) is 0 Å². The molecule has 5 nitrogen and oxygen atoms in total. The Morgan fingerprint density at radius 2 is 2.10 bits per heavy atom. The fourth-order valence-corrected chi connectivity index (χ4v) is 1.83. The van der Waals surface area contributed by atoms with E-state index < -0.39 is 11.7 Å². The van der Waals surface area contributed by atoms with Gasteiger partial charge in [-0.25, -0.2) is 4.39 Å². The Morgan fingerprint density at radius 3 is 2.71 bits per heavy atom. The second-order valence-electron chi connectivity index (χ2n) is 4.68. The first-order valence-electron chi connectivity index (χ1n) is 6.43. The molecule has 1 aromatic carbocycles. The zero-order valence-electron chi connectivity index (χ0n) is 11.6. The van der Waals surface area contributed by atoms with Crippen LogP contribution < -0.4 is 16.6 Å². The van der Waals surface area contributed by atoms with Crippen LogP contribution in [0.4, 0.5) is 4.39 Å². The number of amides is 1. The standard InChI is InChI=1S/C15H16FN3O2/c1-19-5-4-11(7-14(19)20)15(21)18-9-12-3-2-10(8-17)6-13(12)16/h2-7H,8-9,17H2,1H3,(H,18,21). The number of rotatable bonds is 4. The molecular weight excluding hydrogens is 273 g/mol. The largest absolute Gasteiger partial charge is 0.348 e. The molecule has 0 aliphatic heterocycles. The maximum atomic E-state index is 13.7. The van der Waals surface area contributed by atoms with E-state index in [0.717, 1.165) is 0 Å². The van der Waals surface area contributed by atoms with E-state index in [1.54, 1.807) is 19.2 Å². The van der Waals surface area contributed by atoms with Crippen LogP contribution in [0.15, 0.2) is 41.3 Å². The Balaban J connectivity index is 2.07. The number of halogens is 1. The van der Waals surface area contributed by atoms with Gasteiger partial charge in [-0.05, 0) is 17.7 Å². The third kappa shape index (κ3) is 3.55. The zero-order chi connectivity index (χ0) is 15.4. The minimum atomic E-state index is -0.421. The van der Waals surface area contributed by atoms with Crippen molar-refractivity contribution < 1.29 is 9.18 Å². The van der Waals surface area contributed by atoms with Gasteiger partial charge in [0.25, 0.3) is 11.5 Å². The lowest BCUT2D eigenvalue weighted by Gasteiger charge is -2.08. The predicted molar refractivity (Wildman–Crippen MR) is 77.1 cm³/mol. The summed E-state index contributed by atoms with van der Waals surface area (Å²) in [4.78, 5) is 23.4. The van der Waals surface area contributed by atoms with Gasteiger partial charge in [-0.3, -0.25) is 9.59 Å². The van der Waals surface area contributed by atoms with Gasteiger partial charge in [-0.15, -0.1) is 0 Å². The molecule has 0 unspecified atom stereocenters. The summed E-state index contributed by atoms with van der Waals surface area (Å²) in [7, 11) is 1.60. The molecular formula is C15H16FN3O2. The molecule has 0 bridgehead atoms. The fraction of sp³-hybridized carbons (Fsp3) is 0.200. The lowest BCUT2D eigenvalue weighted by molar-refractivity contribution is 0.0950. The monoisotopic (exact) mass is 289 g/mol. The Bertz CT molecular complexity index is 725. The second kappa shape index (κ2) is 6.32. The van der Waals surface area contributed by atoms with Crippen LogP contribution in [-0.4, -0.2) is 10.5 Å². The van der Waals surface area contributed by atoms with Gasteiger partial charge in [0.1, 0.15) is 5.82 Å². The fourth-order valence-electron chi connectivity index (χ4n) is 1.83. The number of carbonyl (C=O) groups excluding carboxylic acids is 1. The van der Waals surface area contributed by atoms with Gasteiger partial charge in [0.2, 0.25) is 0 Å². The molecule has 0 spiro atoms. The Labute approximate surface area is 121 Å². The summed E-state index contributed by atoms with van der Waals surface area (Å²) in [5, 5.41) is 2.58. The summed E-state index contributed by atoms with van der Waals surface area (Å²) < 4.78 is 15.1. The molecule has 21 heavy (non-hydrogen) atoms. The molecule has 0 aliphatic carbocycles. The number of nitrogens with two attached hydrogens (primary N) is 1. The van der Waals surface area contributed by atoms with Crippen LogP contribution in [-0.2, 0) is 20.1 Å². The topological polar surface area (TPSA) is 77.1 Å². The number of hydrogen-bond acceptors (Lipinski definition) is 3. The van der Waals surface area contributed by atoms with Crippen LogP contribution in [0.2, 0.25) is 0 Å². The van der Waals surface area contributed by atoms with Gasteiger partial charge in [-0.2, -0.15) is 0 Å². The highest BCUT2D eigenvalue weighted by atomic mass is 19.1. The van der Waals surface area contributed by atoms with Crippen LogP contribution >= 0.6 is 0 Å². The molecule has 0 aliphatic rings. The van der Waals surface area contributed by atoms with Gasteiger partial charge in [-0.1, -0.05) is 12.1 Å². The first-order chi connectivity index (χ1) is 10.0. The molecule has 110 valence electrons. The maximum absolute atomic E-state index is 13.7. The van der Waals surface area contributed by atoms with E-state index in [1.807, 2.05) is 0 Å². The van der Waals surface area contributed by atoms with Gasteiger partial charge in [0.15, 0.2) is 0 Å². The van der Waals surface area contributed by atoms with E-state index in [0.29, 0.717) is 11.1 Å². The molecule has 3 N–H and O–H groups in total. The number of nitrogens with zero attached hydrogens (tertiary/aromatic N) is 1. The summed E-state index contributed by atoms with van der Waals surface area (Å²) in [6.07, 6.45) is 1.51. The average molecular weight is 289 g/mol. The van der Waals surface area contributed by atoms with E-state index in [4.69, 9.17) is 5.73 Å². The van der Waals surface area contributed by atoms with Crippen molar-refractivity contribution in [2.75, 3.05) is 0 Å². The number of pyridine rings is 1. The van der Waals surface area contributed by atoms with Crippen LogP contribution in [0, 0.1) is 5.82 Å². The third-order valence-electron chi connectivity index (χ3n) is 3.16. The van der Waals surface area contributed by atoms with Crippen LogP contribution in [0.25, 0.3) is 0 Å². The molecule has 6 heteroatoms. The van der Waals surface area contributed by atoms with E-state index in [1.165, 1.54) is 29.0 Å². The van der Waals surface area contributed by atoms with E-state index in [9.17, 15) is 14.0 Å². The number of aryl methyl sites for hydroxylation is 1. The van der Waals surface area contributed by atoms with Crippen molar-refractivity contribution in [1.82, 2.24) is 9.88 Å². The average Bonchev–Trinajstić information content (AvgIpc) is 2.48. The molecule has 1 amide bonds. The number of aromatic nitrogens is 1. The Morgan fingerprint density at radius 1 is 1.33 bits per heavy atom. The normalized spacial score (nSPS) is 10.4. The van der Waals surface area contributed by atoms with Crippen molar-refractivity contribution >= 4 is 5.91 Å². The Kier molecular flexibility index (Phi) is 4.49. The lowest BCUT2D eigenvalue weighted by Crippen LogP contribution is -2.26. The van der Waals surface area contributed by atoms with E-state index in [2.05, 4.69) is 5.32 Å². The van der Waals surface area contributed by atoms with Crippen LogP contribution in [0.3, 0.4) is 0 Å². The first-order valence-corrected chi connectivity index (χ1v) is 6.43. The summed E-state index contributed by atoms with van der Waals surface area (Å²) >= 11 is 0. The molecule has 0 atom stereocenters. The summed E-state index contributed by atoms with van der Waals surface area (Å²) in [6.45, 7) is 0.307. The zero-order valence-corrected chi connectivity index (χ0v) is 11.6. The van der Waals surface area contributed by atoms with Gasteiger partial charge in [0, 0.05) is 43.5 Å². The molecule has 0 fully saturated rings. The van der Waals surface area contributed by atoms with Crippen LogP contribution in [0.5, 0.6) is 0 Å². The summed E-state index contributed by atoms with van der Waals surface area (Å²) in [6, 6.07) is 7.41. The molecule has 0 saturated heterocycles. The highest BCUT2D eigenvalue weighted by molar-refractivity contribution is 5.93. The van der Waals surface area contributed by atoms with Crippen molar-refractivity contribution in [3.63, 3.8) is 0 Å². The smallest absolute Gasteiger partial charge is 0.251 e. The number of hydrogen-bond donors (Lipinski definition) is 2. The van der Waals surface area contributed by atoms with Crippen molar-refractivity contribution in [1.29, 1.82) is 0 Å². The van der Waals surface area contributed by atoms with E-state index in [-0.39, 0.29) is 24.2 Å². The van der Waals surface area contributed by atoms with E-state index >= 15 is 0 Å². The first kappa shape index (κ1) is 14.9. The third-order valence-corrected chi connectivity index (χ3v) is 3.16. The van der Waals surface area contributed by atoms with Gasteiger partial charge in [0.05, 0.1) is 0 Å². The summed E-state index contributed by atoms with van der Waals surface area (Å²) in [5.74, 6) is -0.836. The number of benzene rings is 1. The highest BCUT2D eigenvalue weighted by Gasteiger charge is 2.09. The molecule has 2 aromatic rings. The molecule has 0 saturated carbocycles. The lowest BCUT2D eigenvalue weighted by atomic mass is 10.1. The van der Waals surface area contributed by atoms with Crippen molar-refractivity contribution in [3.05, 3.63) is 69.4 Å². The summed E-state index contributed by atoms with van der Waals surface area (Å²) in [5.41, 5.74) is 6.45. The number of nitrogens with one attached hydrogen (secondary N) is 1. The highest BCUT2D eigenvalue weighted by Crippen LogP contribution is 2.10. The Hall–Kier alpha value is -2.47. The van der Waals surface area contributed by atoms with Gasteiger partial charge < -0.3 is 15.6 Å². The molecule has 0 radical (unpaired) electrons. The van der Waals surface area contributed by atoms with Crippen molar-refractivity contribution in [2.24, 2.45) is 12.8 Å². The van der Waals surface area contributed by atoms with Crippen LogP contribution in [0.1, 0.15) is 21.5 Å². The molecule has 1 heterocycles. The SMILES string of the molecule is Cn1ccc(C(=O)NCc2ccc(CN)cc2F)cc1=O. The molecule has 2 rings (SSSR count). The molecule has 1 aromatic heterocycles. The maximum Gasteiger partial charge on any atom is 0.251 e. The number of carbonyl (C=O) groups is 1. The van der Waals surface area contributed by atoms with Crippen molar-refractivity contribution in [2.45, 2.75) is 13.1 Å².